The number of anilines is 1. The van der Waals surface area contributed by atoms with Gasteiger partial charge in [-0.15, -0.1) is 11.3 Å². The zero-order valence-corrected chi connectivity index (χ0v) is 23.8. The van der Waals surface area contributed by atoms with E-state index in [0.717, 1.165) is 45.3 Å². The highest BCUT2D eigenvalue weighted by molar-refractivity contribution is 8.00. The van der Waals surface area contributed by atoms with E-state index >= 15 is 0 Å². The minimum absolute atomic E-state index is 0.173. The Balaban J connectivity index is 1.36. The number of carbonyl (C=O) groups is 1. The molecule has 0 aliphatic rings. The summed E-state index contributed by atoms with van der Waals surface area (Å²) in [5.74, 6) is 1.36. The van der Waals surface area contributed by atoms with Gasteiger partial charge in [-0.3, -0.25) is 4.79 Å². The average Bonchev–Trinajstić information content (AvgIpc) is 3.60. The molecule has 0 bridgehead atoms. The standard InChI is InChI=1S/C29H25ClN4O3S2/c1-17(27(35)34-28-31-24(16-38-28)22-6-4-5-7-23(22)30)39-29-32-25(18-8-12-20(36-2)13-9-18)26(33-29)19-10-14-21(37-3)15-11-19/h4-17H,1-3H3,(H,32,33)(H,31,34,35). The number of imidazole rings is 1. The van der Waals surface area contributed by atoms with Crippen molar-refractivity contribution in [1.29, 1.82) is 0 Å². The monoisotopic (exact) mass is 576 g/mol. The normalized spacial score (nSPS) is 11.7. The molecule has 0 radical (unpaired) electrons. The number of amides is 1. The number of hydrogen-bond acceptors (Lipinski definition) is 7. The highest BCUT2D eigenvalue weighted by atomic mass is 35.5. The van der Waals surface area contributed by atoms with Gasteiger partial charge in [-0.1, -0.05) is 41.6 Å². The van der Waals surface area contributed by atoms with Gasteiger partial charge in [0.1, 0.15) is 11.5 Å². The summed E-state index contributed by atoms with van der Waals surface area (Å²) in [7, 11) is 3.27. The molecular weight excluding hydrogens is 552 g/mol. The van der Waals surface area contributed by atoms with E-state index in [9.17, 15) is 4.79 Å². The fourth-order valence-corrected chi connectivity index (χ4v) is 5.64. The van der Waals surface area contributed by atoms with Crippen LogP contribution in [0.25, 0.3) is 33.8 Å². The predicted molar refractivity (Wildman–Crippen MR) is 159 cm³/mol. The van der Waals surface area contributed by atoms with Crippen LogP contribution < -0.4 is 14.8 Å². The summed E-state index contributed by atoms with van der Waals surface area (Å²) in [6.45, 7) is 1.84. The van der Waals surface area contributed by atoms with Crippen molar-refractivity contribution in [1.82, 2.24) is 15.0 Å². The zero-order chi connectivity index (χ0) is 27.4. The van der Waals surface area contributed by atoms with Crippen LogP contribution in [-0.4, -0.2) is 40.3 Å². The maximum Gasteiger partial charge on any atom is 0.239 e. The summed E-state index contributed by atoms with van der Waals surface area (Å²) < 4.78 is 10.6. The molecule has 5 aromatic rings. The lowest BCUT2D eigenvalue weighted by Gasteiger charge is -2.08. The summed E-state index contributed by atoms with van der Waals surface area (Å²) in [6, 6.07) is 23.0. The third-order valence-electron chi connectivity index (χ3n) is 5.97. The summed E-state index contributed by atoms with van der Waals surface area (Å²) in [4.78, 5) is 25.9. The average molecular weight is 577 g/mol. The summed E-state index contributed by atoms with van der Waals surface area (Å²) >= 11 is 9.00. The molecule has 7 nitrogen and oxygen atoms in total. The molecule has 2 heterocycles. The summed E-state index contributed by atoms with van der Waals surface area (Å²) in [5, 5.41) is 6.12. The van der Waals surface area contributed by atoms with Gasteiger partial charge in [-0.25, -0.2) is 9.97 Å². The Kier molecular flexibility index (Phi) is 8.21. The van der Waals surface area contributed by atoms with E-state index in [2.05, 4.69) is 15.3 Å². The van der Waals surface area contributed by atoms with Gasteiger partial charge >= 0.3 is 0 Å². The Bertz CT molecular complexity index is 1520. The van der Waals surface area contributed by atoms with Crippen molar-refractivity contribution < 1.29 is 14.3 Å². The fraction of sp³-hybridized carbons (Fsp3) is 0.138. The van der Waals surface area contributed by atoms with Gasteiger partial charge in [0.2, 0.25) is 5.91 Å². The van der Waals surface area contributed by atoms with Crippen LogP contribution >= 0.6 is 34.7 Å². The number of H-pyrrole nitrogens is 1. The second-order valence-corrected chi connectivity index (χ2v) is 11.1. The minimum Gasteiger partial charge on any atom is -0.497 e. The first-order chi connectivity index (χ1) is 18.9. The maximum atomic E-state index is 13.0. The molecule has 10 heteroatoms. The molecule has 5 rings (SSSR count). The Morgan fingerprint density at radius 1 is 0.949 bits per heavy atom. The number of hydrogen-bond donors (Lipinski definition) is 2. The largest absolute Gasteiger partial charge is 0.497 e. The minimum atomic E-state index is -0.434. The molecule has 0 saturated heterocycles. The Labute approximate surface area is 239 Å². The van der Waals surface area contributed by atoms with Crippen LogP contribution in [0.5, 0.6) is 11.5 Å². The maximum absolute atomic E-state index is 13.0. The molecule has 1 atom stereocenters. The number of halogens is 1. The van der Waals surface area contributed by atoms with Gasteiger partial charge in [-0.05, 0) is 61.5 Å². The summed E-state index contributed by atoms with van der Waals surface area (Å²) in [6.07, 6.45) is 0. The van der Waals surface area contributed by atoms with Crippen molar-refractivity contribution >= 4 is 45.7 Å². The molecule has 1 amide bonds. The number of rotatable bonds is 9. The molecule has 2 aromatic heterocycles. The first kappa shape index (κ1) is 26.8. The van der Waals surface area contributed by atoms with Crippen LogP contribution in [0.3, 0.4) is 0 Å². The van der Waals surface area contributed by atoms with Crippen LogP contribution in [0.15, 0.2) is 83.3 Å². The van der Waals surface area contributed by atoms with Crippen LogP contribution in [0.1, 0.15) is 6.92 Å². The molecule has 0 saturated carbocycles. The molecule has 0 spiro atoms. The van der Waals surface area contributed by atoms with E-state index in [1.165, 1.54) is 23.1 Å². The molecule has 39 heavy (non-hydrogen) atoms. The van der Waals surface area contributed by atoms with Crippen molar-refractivity contribution in [3.63, 3.8) is 0 Å². The first-order valence-corrected chi connectivity index (χ1v) is 14.2. The Hall–Kier alpha value is -3.79. The number of nitrogens with zero attached hydrogens (tertiary/aromatic N) is 2. The van der Waals surface area contributed by atoms with Gasteiger partial charge < -0.3 is 19.8 Å². The number of thiazole rings is 1. The van der Waals surface area contributed by atoms with Crippen molar-refractivity contribution in [3.05, 3.63) is 83.2 Å². The predicted octanol–water partition coefficient (Wildman–Crippen LogP) is 7.66. The van der Waals surface area contributed by atoms with E-state index < -0.39 is 5.25 Å². The smallest absolute Gasteiger partial charge is 0.239 e. The van der Waals surface area contributed by atoms with Crippen LogP contribution in [0.2, 0.25) is 5.02 Å². The molecule has 0 fully saturated rings. The lowest BCUT2D eigenvalue weighted by atomic mass is 10.0. The van der Waals surface area contributed by atoms with Crippen LogP contribution in [-0.2, 0) is 4.79 Å². The molecular formula is C29H25ClN4O3S2. The molecule has 198 valence electrons. The van der Waals surface area contributed by atoms with Gasteiger partial charge in [0, 0.05) is 27.1 Å². The van der Waals surface area contributed by atoms with E-state index in [-0.39, 0.29) is 5.91 Å². The molecule has 0 aliphatic heterocycles. The van der Waals surface area contributed by atoms with E-state index in [1.54, 1.807) is 14.2 Å². The van der Waals surface area contributed by atoms with E-state index in [4.69, 9.17) is 26.1 Å². The van der Waals surface area contributed by atoms with E-state index in [0.29, 0.717) is 15.3 Å². The highest BCUT2D eigenvalue weighted by Gasteiger charge is 2.21. The number of nitrogens with one attached hydrogen (secondary N) is 2. The second kappa shape index (κ2) is 11.9. The SMILES string of the molecule is COc1ccc(-c2nc(SC(C)C(=O)Nc3nc(-c4ccccc4Cl)cs3)[nH]c2-c2ccc(OC)cc2)cc1. The Morgan fingerprint density at radius 2 is 1.59 bits per heavy atom. The molecule has 1 unspecified atom stereocenters. The highest BCUT2D eigenvalue weighted by Crippen LogP contribution is 2.36. The number of carbonyl (C=O) groups excluding carboxylic acids is 1. The molecule has 3 aromatic carbocycles. The topological polar surface area (TPSA) is 89.1 Å². The fourth-order valence-electron chi connectivity index (χ4n) is 3.88. The number of aromatic amines is 1. The third kappa shape index (κ3) is 6.11. The number of ether oxygens (including phenoxy) is 2. The van der Waals surface area contributed by atoms with Crippen molar-refractivity contribution in [2.45, 2.75) is 17.3 Å². The number of benzene rings is 3. The zero-order valence-electron chi connectivity index (χ0n) is 21.4. The van der Waals surface area contributed by atoms with Gasteiger partial charge in [0.25, 0.3) is 0 Å². The second-order valence-electron chi connectivity index (χ2n) is 8.49. The number of thioether (sulfide) groups is 1. The lowest BCUT2D eigenvalue weighted by Crippen LogP contribution is -2.22. The number of methoxy groups -OCH3 is 2. The van der Waals surface area contributed by atoms with Gasteiger partial charge in [0.15, 0.2) is 10.3 Å². The van der Waals surface area contributed by atoms with Crippen LogP contribution in [0.4, 0.5) is 5.13 Å². The lowest BCUT2D eigenvalue weighted by molar-refractivity contribution is -0.115. The summed E-state index contributed by atoms with van der Waals surface area (Å²) in [5.41, 5.74) is 5.06. The quantitative estimate of drug-likeness (QED) is 0.175. The van der Waals surface area contributed by atoms with Crippen molar-refractivity contribution in [2.75, 3.05) is 19.5 Å². The van der Waals surface area contributed by atoms with E-state index in [1.807, 2.05) is 85.1 Å². The Morgan fingerprint density at radius 3 is 2.23 bits per heavy atom. The molecule has 2 N–H and O–H groups in total. The molecule has 0 aliphatic carbocycles. The van der Waals surface area contributed by atoms with Crippen molar-refractivity contribution in [2.24, 2.45) is 0 Å². The first-order valence-electron chi connectivity index (χ1n) is 12.0. The van der Waals surface area contributed by atoms with Gasteiger partial charge in [-0.2, -0.15) is 0 Å². The number of aromatic nitrogens is 3. The third-order valence-corrected chi connectivity index (χ3v) is 8.04. The van der Waals surface area contributed by atoms with Crippen molar-refractivity contribution in [3.8, 4) is 45.3 Å². The van der Waals surface area contributed by atoms with Gasteiger partial charge in [0.05, 0.1) is 36.6 Å². The van der Waals surface area contributed by atoms with Crippen LogP contribution in [0, 0.1) is 0 Å².